The van der Waals surface area contributed by atoms with Crippen LogP contribution in [-0.2, 0) is 32.0 Å². The van der Waals surface area contributed by atoms with Crippen molar-refractivity contribution >= 4 is 40.2 Å². The Bertz CT molecular complexity index is 1400. The van der Waals surface area contributed by atoms with Crippen LogP contribution in [0.2, 0.25) is 0 Å². The standard InChI is InChI=1S/C29H30FN3O6S/c30-23-5-10-26-22(19-23)13-14-32(26)28(34)12-11-27(29(35)36)33(40(37)38)25-8-3-21(4-9-25)20-1-6-24(7-2-20)31-15-17-39-18-16-31/h1-10,19,27H,11-18H2,(H,35,36)(H,37,38)/p-1. The summed E-state index contributed by atoms with van der Waals surface area (Å²) in [6.07, 6.45) is 0.0924. The summed E-state index contributed by atoms with van der Waals surface area (Å²) in [6, 6.07) is 17.3. The number of anilines is 3. The highest BCUT2D eigenvalue weighted by atomic mass is 32.2. The lowest BCUT2D eigenvalue weighted by molar-refractivity contribution is -0.138. The lowest BCUT2D eigenvalue weighted by Gasteiger charge is -2.32. The normalized spacial score (nSPS) is 16.4. The second-order valence-electron chi connectivity index (χ2n) is 9.70. The van der Waals surface area contributed by atoms with Crippen LogP contribution < -0.4 is 14.1 Å². The van der Waals surface area contributed by atoms with E-state index in [9.17, 15) is 27.8 Å². The second-order valence-corrected chi connectivity index (χ2v) is 10.5. The van der Waals surface area contributed by atoms with Gasteiger partial charge in [0.15, 0.2) is 0 Å². The Labute approximate surface area is 234 Å². The van der Waals surface area contributed by atoms with Gasteiger partial charge in [0.2, 0.25) is 5.91 Å². The fourth-order valence-electron chi connectivity index (χ4n) is 5.22. The molecule has 0 saturated carbocycles. The zero-order valence-electron chi connectivity index (χ0n) is 21.7. The molecule has 1 saturated heterocycles. The fraction of sp³-hybridized carbons (Fsp3) is 0.310. The number of benzene rings is 3. The summed E-state index contributed by atoms with van der Waals surface area (Å²) in [5.41, 5.74) is 4.37. The first-order valence-electron chi connectivity index (χ1n) is 13.1. The number of carbonyl (C=O) groups is 2. The topological polar surface area (TPSA) is 113 Å². The maximum atomic E-state index is 13.5. The Morgan fingerprint density at radius 2 is 1.65 bits per heavy atom. The first-order valence-corrected chi connectivity index (χ1v) is 14.1. The van der Waals surface area contributed by atoms with Crippen molar-refractivity contribution in [3.05, 3.63) is 78.1 Å². The molecule has 1 N–H and O–H groups in total. The van der Waals surface area contributed by atoms with Gasteiger partial charge in [-0.05, 0) is 72.0 Å². The molecule has 3 aromatic rings. The molecular formula is C29H29FN3O6S-. The third-order valence-corrected chi connectivity index (χ3v) is 8.08. The number of carboxylic acids is 1. The summed E-state index contributed by atoms with van der Waals surface area (Å²) in [5, 5.41) is 9.89. The number of halogens is 1. The smallest absolute Gasteiger partial charge is 0.327 e. The molecule has 2 aliphatic rings. The minimum atomic E-state index is -2.90. The van der Waals surface area contributed by atoms with Gasteiger partial charge in [0.25, 0.3) is 0 Å². The van der Waals surface area contributed by atoms with Gasteiger partial charge < -0.3 is 24.2 Å². The number of hydrogen-bond donors (Lipinski definition) is 1. The van der Waals surface area contributed by atoms with E-state index in [0.717, 1.165) is 34.2 Å². The molecule has 3 aromatic carbocycles. The van der Waals surface area contributed by atoms with Gasteiger partial charge in [-0.3, -0.25) is 13.3 Å². The summed E-state index contributed by atoms with van der Waals surface area (Å²) in [4.78, 5) is 28.8. The van der Waals surface area contributed by atoms with Gasteiger partial charge in [0.05, 0.1) is 13.2 Å². The molecule has 1 fully saturated rings. The molecule has 2 atom stereocenters. The van der Waals surface area contributed by atoms with Crippen LogP contribution in [0.1, 0.15) is 18.4 Å². The average molecular weight is 567 g/mol. The van der Waals surface area contributed by atoms with Crippen molar-refractivity contribution in [1.29, 1.82) is 0 Å². The summed E-state index contributed by atoms with van der Waals surface area (Å²) in [7, 11) is 0. The number of carbonyl (C=O) groups excluding carboxylic acids is 1. The van der Waals surface area contributed by atoms with Gasteiger partial charge in [-0.2, -0.15) is 0 Å². The Morgan fingerprint density at radius 3 is 2.27 bits per heavy atom. The Balaban J connectivity index is 1.28. The predicted molar refractivity (Wildman–Crippen MR) is 149 cm³/mol. The summed E-state index contributed by atoms with van der Waals surface area (Å²) in [6.45, 7) is 3.41. The first-order chi connectivity index (χ1) is 19.3. The van der Waals surface area contributed by atoms with Crippen molar-refractivity contribution in [3.63, 3.8) is 0 Å². The van der Waals surface area contributed by atoms with Crippen molar-refractivity contribution in [1.82, 2.24) is 0 Å². The van der Waals surface area contributed by atoms with Gasteiger partial charge >= 0.3 is 5.97 Å². The number of ether oxygens (including phenoxy) is 1. The van der Waals surface area contributed by atoms with Crippen molar-refractivity contribution in [2.24, 2.45) is 0 Å². The molecule has 40 heavy (non-hydrogen) atoms. The molecule has 5 rings (SSSR count). The third kappa shape index (κ3) is 6.01. The number of amides is 1. The monoisotopic (exact) mass is 566 g/mol. The number of morpholine rings is 1. The van der Waals surface area contributed by atoms with Crippen LogP contribution in [0.5, 0.6) is 0 Å². The molecule has 0 spiro atoms. The van der Waals surface area contributed by atoms with E-state index in [2.05, 4.69) is 4.90 Å². The number of carboxylic acid groups (broad SMARTS) is 1. The lowest BCUT2D eigenvalue weighted by atomic mass is 10.0. The number of hydrogen-bond acceptors (Lipinski definition) is 6. The molecular weight excluding hydrogens is 537 g/mol. The van der Waals surface area contributed by atoms with Crippen LogP contribution in [0.25, 0.3) is 11.1 Å². The molecule has 0 aliphatic carbocycles. The Hall–Kier alpha value is -3.80. The lowest BCUT2D eigenvalue weighted by Crippen LogP contribution is -2.43. The maximum Gasteiger partial charge on any atom is 0.327 e. The summed E-state index contributed by atoms with van der Waals surface area (Å²) < 4.78 is 44.1. The van der Waals surface area contributed by atoms with E-state index in [-0.39, 0.29) is 30.3 Å². The minimum Gasteiger partial charge on any atom is -0.755 e. The van der Waals surface area contributed by atoms with Crippen molar-refractivity contribution in [2.75, 3.05) is 47.0 Å². The molecule has 1 amide bonds. The number of rotatable bonds is 9. The maximum absolute atomic E-state index is 13.5. The highest BCUT2D eigenvalue weighted by molar-refractivity contribution is 7.80. The Kier molecular flexibility index (Phi) is 8.43. The number of fused-ring (bicyclic) bond motifs is 1. The Morgan fingerprint density at radius 1 is 1.00 bits per heavy atom. The van der Waals surface area contributed by atoms with Gasteiger partial charge in [0, 0.05) is 54.4 Å². The number of nitrogens with zero attached hydrogens (tertiary/aromatic N) is 3. The van der Waals surface area contributed by atoms with Gasteiger partial charge in [-0.25, -0.2) is 9.18 Å². The predicted octanol–water partition coefficient (Wildman–Crippen LogP) is 3.75. The van der Waals surface area contributed by atoms with E-state index in [1.807, 2.05) is 24.3 Å². The zero-order chi connectivity index (χ0) is 28.2. The van der Waals surface area contributed by atoms with Crippen molar-refractivity contribution < 1.29 is 32.6 Å². The van der Waals surface area contributed by atoms with E-state index >= 15 is 0 Å². The van der Waals surface area contributed by atoms with Crippen LogP contribution in [0, 0.1) is 5.82 Å². The van der Waals surface area contributed by atoms with E-state index in [1.54, 1.807) is 24.3 Å². The van der Waals surface area contributed by atoms with Gasteiger partial charge in [-0.1, -0.05) is 24.3 Å². The highest BCUT2D eigenvalue weighted by Crippen LogP contribution is 2.31. The van der Waals surface area contributed by atoms with Gasteiger partial charge in [0.1, 0.15) is 11.9 Å². The molecule has 2 unspecified atom stereocenters. The molecule has 0 aromatic heterocycles. The van der Waals surface area contributed by atoms with E-state index in [0.29, 0.717) is 37.4 Å². The fourth-order valence-corrected chi connectivity index (χ4v) is 5.92. The van der Waals surface area contributed by atoms with E-state index in [4.69, 9.17) is 4.74 Å². The highest BCUT2D eigenvalue weighted by Gasteiger charge is 2.31. The quantitative estimate of drug-likeness (QED) is 0.393. The minimum absolute atomic E-state index is 0.184. The summed E-state index contributed by atoms with van der Waals surface area (Å²) >= 11 is -2.90. The van der Waals surface area contributed by atoms with Crippen LogP contribution in [0.15, 0.2) is 66.7 Å². The van der Waals surface area contributed by atoms with Crippen LogP contribution >= 0.6 is 0 Å². The SMILES string of the molecule is O=C(O)C(CCC(=O)N1CCc2cc(F)ccc21)N(c1ccc(-c2ccc(N3CCOCC3)cc2)cc1)S(=O)[O-]. The molecule has 2 heterocycles. The molecule has 210 valence electrons. The summed E-state index contributed by atoms with van der Waals surface area (Å²) in [5.74, 6) is -2.09. The van der Waals surface area contributed by atoms with E-state index in [1.165, 1.54) is 23.1 Å². The number of aliphatic carboxylic acids is 1. The van der Waals surface area contributed by atoms with Crippen LogP contribution in [-0.4, -0.2) is 64.6 Å². The van der Waals surface area contributed by atoms with Crippen LogP contribution in [0.3, 0.4) is 0 Å². The van der Waals surface area contributed by atoms with Crippen molar-refractivity contribution in [2.45, 2.75) is 25.3 Å². The average Bonchev–Trinajstić information content (AvgIpc) is 3.38. The van der Waals surface area contributed by atoms with Gasteiger partial charge in [-0.15, -0.1) is 0 Å². The van der Waals surface area contributed by atoms with Crippen LogP contribution in [0.4, 0.5) is 21.5 Å². The van der Waals surface area contributed by atoms with E-state index < -0.39 is 23.3 Å². The third-order valence-electron chi connectivity index (χ3n) is 7.30. The molecule has 9 nitrogen and oxygen atoms in total. The molecule has 11 heteroatoms. The molecule has 2 aliphatic heterocycles. The zero-order valence-corrected chi connectivity index (χ0v) is 22.5. The van der Waals surface area contributed by atoms with Crippen molar-refractivity contribution in [3.8, 4) is 11.1 Å². The molecule has 0 radical (unpaired) electrons. The first kappa shape index (κ1) is 27.8. The molecule has 0 bridgehead atoms. The second kappa shape index (κ2) is 12.2. The largest absolute Gasteiger partial charge is 0.755 e.